The summed E-state index contributed by atoms with van der Waals surface area (Å²) in [5.74, 6) is 0. The monoisotopic (exact) mass is 247 g/mol. The van der Waals surface area contributed by atoms with Crippen LogP contribution < -0.4 is 5.32 Å². The first-order chi connectivity index (χ1) is 8.19. The molecule has 0 spiro atoms. The molecule has 4 heteroatoms. The van der Waals surface area contributed by atoms with E-state index in [2.05, 4.69) is 27.4 Å². The molecule has 2 aromatic rings. The highest BCUT2D eigenvalue weighted by Crippen LogP contribution is 2.21. The van der Waals surface area contributed by atoms with Gasteiger partial charge < -0.3 is 5.32 Å². The lowest BCUT2D eigenvalue weighted by Crippen LogP contribution is -2.19. The molecule has 0 amide bonds. The Hall–Kier alpha value is -1.26. The van der Waals surface area contributed by atoms with Crippen LogP contribution in [0.25, 0.3) is 0 Å². The van der Waals surface area contributed by atoms with Crippen molar-refractivity contribution in [2.45, 2.75) is 26.3 Å². The van der Waals surface area contributed by atoms with E-state index in [4.69, 9.17) is 0 Å². The molecule has 0 fully saturated rings. The lowest BCUT2D eigenvalue weighted by atomic mass is 10.0. The van der Waals surface area contributed by atoms with Gasteiger partial charge in [0.15, 0.2) is 0 Å². The van der Waals surface area contributed by atoms with Crippen molar-refractivity contribution < 1.29 is 0 Å². The van der Waals surface area contributed by atoms with Crippen LogP contribution in [0.1, 0.15) is 27.9 Å². The van der Waals surface area contributed by atoms with E-state index in [1.807, 2.05) is 32.6 Å². The Morgan fingerprint density at radius 2 is 2.00 bits per heavy atom. The van der Waals surface area contributed by atoms with Gasteiger partial charge in [0.1, 0.15) is 0 Å². The van der Waals surface area contributed by atoms with Crippen LogP contribution in [0.15, 0.2) is 23.8 Å². The lowest BCUT2D eigenvalue weighted by molar-refractivity contribution is 0.594. The summed E-state index contributed by atoms with van der Waals surface area (Å²) in [6, 6.07) is 4.63. The first-order valence-electron chi connectivity index (χ1n) is 5.69. The van der Waals surface area contributed by atoms with Crippen LogP contribution in [-0.4, -0.2) is 17.0 Å². The molecule has 1 N–H and O–H groups in total. The van der Waals surface area contributed by atoms with Crippen molar-refractivity contribution in [3.8, 4) is 0 Å². The molecule has 0 aliphatic carbocycles. The van der Waals surface area contributed by atoms with Gasteiger partial charge in [-0.3, -0.25) is 9.97 Å². The van der Waals surface area contributed by atoms with E-state index in [-0.39, 0.29) is 0 Å². The Morgan fingerprint density at radius 3 is 2.53 bits per heavy atom. The van der Waals surface area contributed by atoms with Crippen molar-refractivity contribution in [2.24, 2.45) is 0 Å². The number of pyridine rings is 1. The van der Waals surface area contributed by atoms with Crippen LogP contribution in [0.4, 0.5) is 0 Å². The predicted molar refractivity (Wildman–Crippen MR) is 71.3 cm³/mol. The summed E-state index contributed by atoms with van der Waals surface area (Å²) >= 11 is 1.70. The molecule has 0 aliphatic rings. The summed E-state index contributed by atoms with van der Waals surface area (Å²) in [6.45, 7) is 4.08. The molecular formula is C13H17N3S. The normalized spacial score (nSPS) is 12.6. The Morgan fingerprint density at radius 1 is 1.29 bits per heavy atom. The van der Waals surface area contributed by atoms with Crippen molar-refractivity contribution in [3.05, 3.63) is 45.7 Å². The van der Waals surface area contributed by atoms with Crippen molar-refractivity contribution in [1.82, 2.24) is 15.3 Å². The molecule has 1 unspecified atom stereocenters. The molecule has 0 saturated heterocycles. The zero-order valence-corrected chi connectivity index (χ0v) is 11.2. The van der Waals surface area contributed by atoms with Gasteiger partial charge in [-0.1, -0.05) is 0 Å². The molecule has 0 aromatic carbocycles. The van der Waals surface area contributed by atoms with Crippen LogP contribution in [-0.2, 0) is 6.42 Å². The number of aryl methyl sites for hydroxylation is 2. The van der Waals surface area contributed by atoms with E-state index in [0.717, 1.165) is 17.8 Å². The Balaban J connectivity index is 2.22. The zero-order chi connectivity index (χ0) is 12.3. The van der Waals surface area contributed by atoms with Gasteiger partial charge in [-0.2, -0.15) is 0 Å². The molecule has 2 aromatic heterocycles. The molecule has 0 saturated carbocycles. The third-order valence-electron chi connectivity index (χ3n) is 2.74. The molecular weight excluding hydrogens is 230 g/mol. The fraction of sp³-hybridized carbons (Fsp3) is 0.385. The van der Waals surface area contributed by atoms with Crippen LogP contribution in [0, 0.1) is 13.8 Å². The number of rotatable bonds is 4. The standard InChI is InChI=1S/C13H17N3S/c1-9-4-11(5-10(2)16-9)13(14-3)6-12-7-15-8-17-12/h4-5,7-8,13-14H,6H2,1-3H3. The summed E-state index contributed by atoms with van der Waals surface area (Å²) in [7, 11) is 2.00. The second-order valence-corrected chi connectivity index (χ2v) is 5.17. The Labute approximate surface area is 106 Å². The SMILES string of the molecule is CNC(Cc1cncs1)c1cc(C)nc(C)c1. The van der Waals surface area contributed by atoms with Gasteiger partial charge in [-0.05, 0) is 38.6 Å². The molecule has 3 nitrogen and oxygen atoms in total. The number of likely N-dealkylation sites (N-methyl/N-ethyl adjacent to an activating group) is 1. The van der Waals surface area contributed by atoms with Crippen molar-refractivity contribution in [2.75, 3.05) is 7.05 Å². The van der Waals surface area contributed by atoms with Crippen LogP contribution in [0.2, 0.25) is 0 Å². The maximum Gasteiger partial charge on any atom is 0.0794 e. The van der Waals surface area contributed by atoms with Gasteiger partial charge in [0.05, 0.1) is 5.51 Å². The van der Waals surface area contributed by atoms with E-state index in [1.165, 1.54) is 10.4 Å². The predicted octanol–water partition coefficient (Wildman–Crippen LogP) is 2.66. The molecule has 90 valence electrons. The maximum absolute atomic E-state index is 4.41. The highest BCUT2D eigenvalue weighted by atomic mass is 32.1. The number of thiazole rings is 1. The summed E-state index contributed by atoms with van der Waals surface area (Å²) in [5, 5.41) is 3.36. The fourth-order valence-electron chi connectivity index (χ4n) is 2.00. The van der Waals surface area contributed by atoms with E-state index in [0.29, 0.717) is 6.04 Å². The summed E-state index contributed by atoms with van der Waals surface area (Å²) in [4.78, 5) is 9.83. The summed E-state index contributed by atoms with van der Waals surface area (Å²) in [5.41, 5.74) is 5.32. The summed E-state index contributed by atoms with van der Waals surface area (Å²) in [6.07, 6.45) is 2.92. The number of nitrogens with zero attached hydrogens (tertiary/aromatic N) is 2. The van der Waals surface area contributed by atoms with Crippen LogP contribution >= 0.6 is 11.3 Å². The molecule has 0 radical (unpaired) electrons. The van der Waals surface area contributed by atoms with E-state index < -0.39 is 0 Å². The van der Waals surface area contributed by atoms with Crippen molar-refractivity contribution in [3.63, 3.8) is 0 Å². The number of hydrogen-bond donors (Lipinski definition) is 1. The average Bonchev–Trinajstić information content (AvgIpc) is 2.77. The van der Waals surface area contributed by atoms with Crippen molar-refractivity contribution in [1.29, 1.82) is 0 Å². The van der Waals surface area contributed by atoms with Gasteiger partial charge >= 0.3 is 0 Å². The fourth-order valence-corrected chi connectivity index (χ4v) is 2.64. The first-order valence-corrected chi connectivity index (χ1v) is 6.57. The first kappa shape index (κ1) is 12.2. The number of aromatic nitrogens is 2. The Kier molecular flexibility index (Phi) is 3.86. The third kappa shape index (κ3) is 3.11. The topological polar surface area (TPSA) is 37.8 Å². The molecule has 1 atom stereocenters. The molecule has 0 bridgehead atoms. The maximum atomic E-state index is 4.41. The largest absolute Gasteiger partial charge is 0.313 e. The minimum Gasteiger partial charge on any atom is -0.313 e. The zero-order valence-electron chi connectivity index (χ0n) is 10.4. The number of nitrogens with one attached hydrogen (secondary N) is 1. The second kappa shape index (κ2) is 5.38. The lowest BCUT2D eigenvalue weighted by Gasteiger charge is -2.16. The molecule has 17 heavy (non-hydrogen) atoms. The average molecular weight is 247 g/mol. The van der Waals surface area contributed by atoms with Crippen LogP contribution in [0.5, 0.6) is 0 Å². The van der Waals surface area contributed by atoms with Crippen molar-refractivity contribution >= 4 is 11.3 Å². The second-order valence-electron chi connectivity index (χ2n) is 4.20. The van der Waals surface area contributed by atoms with Gasteiger partial charge in [-0.25, -0.2) is 0 Å². The summed E-state index contributed by atoms with van der Waals surface area (Å²) < 4.78 is 0. The highest BCUT2D eigenvalue weighted by Gasteiger charge is 2.12. The van der Waals surface area contributed by atoms with Gasteiger partial charge in [0, 0.05) is 34.9 Å². The van der Waals surface area contributed by atoms with Crippen LogP contribution in [0.3, 0.4) is 0 Å². The van der Waals surface area contributed by atoms with Gasteiger partial charge in [0.2, 0.25) is 0 Å². The van der Waals surface area contributed by atoms with E-state index in [9.17, 15) is 0 Å². The smallest absolute Gasteiger partial charge is 0.0794 e. The third-order valence-corrected chi connectivity index (χ3v) is 3.55. The number of hydrogen-bond acceptors (Lipinski definition) is 4. The van der Waals surface area contributed by atoms with Gasteiger partial charge in [-0.15, -0.1) is 11.3 Å². The van der Waals surface area contributed by atoms with Gasteiger partial charge in [0.25, 0.3) is 0 Å². The minimum absolute atomic E-state index is 0.329. The Bertz CT molecular complexity index is 459. The molecule has 2 heterocycles. The molecule has 2 rings (SSSR count). The van der Waals surface area contributed by atoms with E-state index >= 15 is 0 Å². The minimum atomic E-state index is 0.329. The molecule has 0 aliphatic heterocycles. The van der Waals surface area contributed by atoms with E-state index in [1.54, 1.807) is 11.3 Å². The highest BCUT2D eigenvalue weighted by molar-refractivity contribution is 7.09. The quantitative estimate of drug-likeness (QED) is 0.902.